The number of nitrogens with one attached hydrogen (secondary N) is 2. The van der Waals surface area contributed by atoms with E-state index in [1.165, 1.54) is 0 Å². The van der Waals surface area contributed by atoms with Crippen molar-refractivity contribution >= 4 is 11.7 Å². The Labute approximate surface area is 136 Å². The molecule has 23 heavy (non-hydrogen) atoms. The molecule has 0 aliphatic rings. The Hall–Kier alpha value is -2.47. The lowest BCUT2D eigenvalue weighted by atomic mass is 10.1. The highest BCUT2D eigenvalue weighted by molar-refractivity contribution is 5.92. The van der Waals surface area contributed by atoms with Crippen LogP contribution in [-0.2, 0) is 0 Å². The lowest BCUT2D eigenvalue weighted by Crippen LogP contribution is -2.27. The van der Waals surface area contributed by atoms with Crippen LogP contribution in [0.5, 0.6) is 0 Å². The Bertz CT molecular complexity index is 613. The quantitative estimate of drug-likeness (QED) is 0.817. The minimum Gasteiger partial charge on any atom is -0.367 e. The highest BCUT2D eigenvalue weighted by Crippen LogP contribution is 2.12. The summed E-state index contributed by atoms with van der Waals surface area (Å²) in [6, 6.07) is 13.2. The Morgan fingerprint density at radius 3 is 2.48 bits per heavy atom. The monoisotopic (exact) mass is 313 g/mol. The minimum atomic E-state index is -0.228. The minimum absolute atomic E-state index is 0.0802. The number of nitrogens with zero attached hydrogens (tertiary/aromatic N) is 3. The number of carbonyl (C=O) groups is 1. The van der Waals surface area contributed by atoms with Gasteiger partial charge in [-0.25, -0.2) is 0 Å². The normalized spacial score (nSPS) is 12.0. The molecule has 122 valence electrons. The second-order valence-corrected chi connectivity index (χ2v) is 5.64. The maximum atomic E-state index is 12.2. The van der Waals surface area contributed by atoms with Crippen LogP contribution >= 0.6 is 0 Å². The number of carbonyl (C=O) groups excluding carboxylic acids is 1. The van der Waals surface area contributed by atoms with Crippen LogP contribution in [0.3, 0.4) is 0 Å². The third kappa shape index (κ3) is 5.34. The summed E-state index contributed by atoms with van der Waals surface area (Å²) in [7, 11) is 4.02. The average molecular weight is 313 g/mol. The zero-order valence-corrected chi connectivity index (χ0v) is 13.8. The SMILES string of the molecule is CC(NC(=O)c1ccc(NCCN(C)C)nn1)c1ccccc1. The smallest absolute Gasteiger partial charge is 0.272 e. The van der Waals surface area contributed by atoms with E-state index in [1.807, 2.05) is 51.4 Å². The van der Waals surface area contributed by atoms with Gasteiger partial charge in [0.05, 0.1) is 6.04 Å². The third-order valence-corrected chi connectivity index (χ3v) is 3.41. The Kier molecular flexibility index (Phi) is 6.05. The molecule has 1 heterocycles. The summed E-state index contributed by atoms with van der Waals surface area (Å²) in [5.74, 6) is 0.438. The van der Waals surface area contributed by atoms with Crippen LogP contribution in [-0.4, -0.2) is 48.2 Å². The molecule has 1 amide bonds. The number of anilines is 1. The molecule has 0 fully saturated rings. The molecule has 1 aromatic carbocycles. The van der Waals surface area contributed by atoms with Crippen LogP contribution in [0.1, 0.15) is 29.0 Å². The Balaban J connectivity index is 1.90. The van der Waals surface area contributed by atoms with Crippen LogP contribution in [0.25, 0.3) is 0 Å². The highest BCUT2D eigenvalue weighted by atomic mass is 16.2. The second kappa shape index (κ2) is 8.24. The molecule has 0 saturated heterocycles. The van der Waals surface area contributed by atoms with Crippen molar-refractivity contribution in [3.05, 3.63) is 53.7 Å². The summed E-state index contributed by atoms with van der Waals surface area (Å²) < 4.78 is 0. The van der Waals surface area contributed by atoms with Gasteiger partial charge < -0.3 is 15.5 Å². The molecule has 6 heteroatoms. The lowest BCUT2D eigenvalue weighted by Gasteiger charge is -2.14. The third-order valence-electron chi connectivity index (χ3n) is 3.41. The van der Waals surface area contributed by atoms with Gasteiger partial charge in [0.25, 0.3) is 5.91 Å². The zero-order valence-electron chi connectivity index (χ0n) is 13.8. The van der Waals surface area contributed by atoms with Gasteiger partial charge in [-0.15, -0.1) is 10.2 Å². The van der Waals surface area contributed by atoms with E-state index in [0.29, 0.717) is 11.5 Å². The van der Waals surface area contributed by atoms with Gasteiger partial charge in [-0.05, 0) is 38.7 Å². The van der Waals surface area contributed by atoms with Gasteiger partial charge >= 0.3 is 0 Å². The molecule has 6 nitrogen and oxygen atoms in total. The van der Waals surface area contributed by atoms with Crippen LogP contribution < -0.4 is 10.6 Å². The fraction of sp³-hybridized carbons (Fsp3) is 0.353. The van der Waals surface area contributed by atoms with Crippen LogP contribution in [0.4, 0.5) is 5.82 Å². The molecule has 1 unspecified atom stereocenters. The van der Waals surface area contributed by atoms with E-state index in [0.717, 1.165) is 18.7 Å². The van der Waals surface area contributed by atoms with Crippen molar-refractivity contribution in [3.63, 3.8) is 0 Å². The Morgan fingerprint density at radius 1 is 1.13 bits per heavy atom. The van der Waals surface area contributed by atoms with E-state index in [1.54, 1.807) is 12.1 Å². The van der Waals surface area contributed by atoms with Crippen LogP contribution in [0, 0.1) is 0 Å². The Morgan fingerprint density at radius 2 is 1.87 bits per heavy atom. The molecule has 2 N–H and O–H groups in total. The molecule has 2 rings (SSSR count). The molecule has 0 spiro atoms. The number of benzene rings is 1. The van der Waals surface area contributed by atoms with Gasteiger partial charge in [0, 0.05) is 13.1 Å². The first-order valence-electron chi connectivity index (χ1n) is 7.64. The van der Waals surface area contributed by atoms with Gasteiger partial charge in [-0.2, -0.15) is 0 Å². The molecule has 2 aromatic rings. The first kappa shape index (κ1) is 16.9. The number of aromatic nitrogens is 2. The van der Waals surface area contributed by atoms with Crippen molar-refractivity contribution in [2.75, 3.05) is 32.5 Å². The molecule has 1 atom stereocenters. The number of rotatable bonds is 7. The van der Waals surface area contributed by atoms with Crippen molar-refractivity contribution < 1.29 is 4.79 Å². The van der Waals surface area contributed by atoms with E-state index in [4.69, 9.17) is 0 Å². The average Bonchev–Trinajstić information content (AvgIpc) is 2.56. The topological polar surface area (TPSA) is 70.2 Å². The predicted octanol–water partition coefficient (Wildman–Crippen LogP) is 1.94. The summed E-state index contributed by atoms with van der Waals surface area (Å²) in [4.78, 5) is 14.3. The summed E-state index contributed by atoms with van der Waals surface area (Å²) in [6.07, 6.45) is 0. The van der Waals surface area contributed by atoms with Gasteiger partial charge in [-0.1, -0.05) is 30.3 Å². The molecule has 0 aliphatic carbocycles. The van der Waals surface area contributed by atoms with E-state index in [2.05, 4.69) is 25.7 Å². The molecule has 0 aliphatic heterocycles. The second-order valence-electron chi connectivity index (χ2n) is 5.64. The van der Waals surface area contributed by atoms with Gasteiger partial charge in [0.1, 0.15) is 5.82 Å². The van der Waals surface area contributed by atoms with E-state index in [-0.39, 0.29) is 11.9 Å². The lowest BCUT2D eigenvalue weighted by molar-refractivity contribution is 0.0934. The predicted molar refractivity (Wildman–Crippen MR) is 91.4 cm³/mol. The molecule has 0 radical (unpaired) electrons. The summed E-state index contributed by atoms with van der Waals surface area (Å²) >= 11 is 0. The van der Waals surface area contributed by atoms with Crippen molar-refractivity contribution in [1.82, 2.24) is 20.4 Å². The number of amides is 1. The summed E-state index contributed by atoms with van der Waals surface area (Å²) in [5.41, 5.74) is 1.36. The largest absolute Gasteiger partial charge is 0.367 e. The van der Waals surface area contributed by atoms with Crippen molar-refractivity contribution in [2.45, 2.75) is 13.0 Å². The summed E-state index contributed by atoms with van der Waals surface area (Å²) in [5, 5.41) is 14.1. The maximum Gasteiger partial charge on any atom is 0.272 e. The van der Waals surface area contributed by atoms with Crippen molar-refractivity contribution in [2.24, 2.45) is 0 Å². The van der Waals surface area contributed by atoms with Crippen molar-refractivity contribution in [1.29, 1.82) is 0 Å². The molecule has 0 bridgehead atoms. The molecular weight excluding hydrogens is 290 g/mol. The van der Waals surface area contributed by atoms with Gasteiger partial charge in [0.2, 0.25) is 0 Å². The van der Waals surface area contributed by atoms with Crippen LogP contribution in [0.2, 0.25) is 0 Å². The zero-order chi connectivity index (χ0) is 16.7. The van der Waals surface area contributed by atoms with Gasteiger partial charge in [0.15, 0.2) is 5.69 Å². The maximum absolute atomic E-state index is 12.2. The van der Waals surface area contributed by atoms with Crippen molar-refractivity contribution in [3.8, 4) is 0 Å². The van der Waals surface area contributed by atoms with Gasteiger partial charge in [-0.3, -0.25) is 4.79 Å². The standard InChI is InChI=1S/C17H23N5O/c1-13(14-7-5-4-6-8-14)19-17(23)15-9-10-16(21-20-15)18-11-12-22(2)3/h4-10,13H,11-12H2,1-3H3,(H,18,21)(H,19,23). The first-order chi connectivity index (χ1) is 11.1. The van der Waals surface area contributed by atoms with E-state index >= 15 is 0 Å². The van der Waals surface area contributed by atoms with E-state index < -0.39 is 0 Å². The molecule has 1 aromatic heterocycles. The number of likely N-dealkylation sites (N-methyl/N-ethyl adjacent to an activating group) is 1. The highest BCUT2D eigenvalue weighted by Gasteiger charge is 2.12. The fourth-order valence-electron chi connectivity index (χ4n) is 2.05. The number of hydrogen-bond donors (Lipinski definition) is 2. The summed E-state index contributed by atoms with van der Waals surface area (Å²) in [6.45, 7) is 3.62. The molecule has 0 saturated carbocycles. The van der Waals surface area contributed by atoms with E-state index in [9.17, 15) is 4.79 Å². The van der Waals surface area contributed by atoms with Crippen LogP contribution in [0.15, 0.2) is 42.5 Å². The number of hydrogen-bond acceptors (Lipinski definition) is 5. The first-order valence-corrected chi connectivity index (χ1v) is 7.64. The fourth-order valence-corrected chi connectivity index (χ4v) is 2.05. The molecular formula is C17H23N5O.